The summed E-state index contributed by atoms with van der Waals surface area (Å²) in [5.41, 5.74) is 0.519. The molecule has 0 bridgehead atoms. The van der Waals surface area contributed by atoms with Gasteiger partial charge in [-0.2, -0.15) is 8.42 Å². The Kier molecular flexibility index (Phi) is 4.14. The number of benzene rings is 2. The first kappa shape index (κ1) is 16.3. The van der Waals surface area contributed by atoms with E-state index in [9.17, 15) is 21.9 Å². The largest absolute Gasteiger partial charge is 0.506 e. The zero-order valence-corrected chi connectivity index (χ0v) is 13.0. The first-order valence-corrected chi connectivity index (χ1v) is 8.92. The Morgan fingerprint density at radius 3 is 2.00 bits per heavy atom. The molecule has 22 heavy (non-hydrogen) atoms. The highest BCUT2D eigenvalue weighted by Gasteiger charge is 2.18. The fourth-order valence-corrected chi connectivity index (χ4v) is 3.25. The molecule has 0 spiro atoms. The molecular formula is C13H13NO6S2. The zero-order chi connectivity index (χ0) is 16.5. The molecule has 9 heteroatoms. The standard InChI is InChI=1S/C13H13NO6S2/c1-9-2-4-10(5-3-9)21(16,17)14-12-8-11(22(18,19)20)6-7-13(12)15/h2-8,14-15H,1H3,(H,18,19,20). The van der Waals surface area contributed by atoms with Crippen LogP contribution in [-0.2, 0) is 20.1 Å². The number of phenolic OH excluding ortho intramolecular Hbond substituents is 1. The summed E-state index contributed by atoms with van der Waals surface area (Å²) in [6.45, 7) is 1.80. The van der Waals surface area contributed by atoms with Gasteiger partial charge < -0.3 is 5.11 Å². The molecule has 0 amide bonds. The van der Waals surface area contributed by atoms with E-state index in [1.807, 2.05) is 0 Å². The number of nitrogens with one attached hydrogen (secondary N) is 1. The molecule has 0 atom stereocenters. The van der Waals surface area contributed by atoms with Gasteiger partial charge in [0.15, 0.2) is 0 Å². The number of rotatable bonds is 4. The molecule has 2 aromatic rings. The molecule has 0 saturated heterocycles. The Balaban J connectivity index is 2.43. The predicted molar refractivity (Wildman–Crippen MR) is 79.9 cm³/mol. The van der Waals surface area contributed by atoms with Crippen molar-refractivity contribution in [1.29, 1.82) is 0 Å². The third-order valence-corrected chi connectivity index (χ3v) is 5.07. The number of hydrogen-bond donors (Lipinski definition) is 3. The average molecular weight is 343 g/mol. The summed E-state index contributed by atoms with van der Waals surface area (Å²) in [5.74, 6) is -0.469. The summed E-state index contributed by atoms with van der Waals surface area (Å²) in [5, 5.41) is 9.65. The van der Waals surface area contributed by atoms with Gasteiger partial charge in [-0.05, 0) is 37.3 Å². The van der Waals surface area contributed by atoms with Gasteiger partial charge in [0.2, 0.25) is 0 Å². The Hall–Kier alpha value is -2.10. The number of hydrogen-bond acceptors (Lipinski definition) is 5. The van der Waals surface area contributed by atoms with Gasteiger partial charge in [0.25, 0.3) is 20.1 Å². The van der Waals surface area contributed by atoms with E-state index < -0.39 is 30.8 Å². The van der Waals surface area contributed by atoms with Gasteiger partial charge in [-0.1, -0.05) is 17.7 Å². The van der Waals surface area contributed by atoms with Gasteiger partial charge >= 0.3 is 0 Å². The Morgan fingerprint density at radius 2 is 1.45 bits per heavy atom. The van der Waals surface area contributed by atoms with Gasteiger partial charge in [0.05, 0.1) is 15.5 Å². The monoisotopic (exact) mass is 343 g/mol. The Bertz CT molecular complexity index is 902. The summed E-state index contributed by atoms with van der Waals surface area (Å²) < 4.78 is 57.6. The molecule has 7 nitrogen and oxygen atoms in total. The lowest BCUT2D eigenvalue weighted by molar-refractivity contribution is 0.474. The maximum Gasteiger partial charge on any atom is 0.294 e. The van der Waals surface area contributed by atoms with Crippen molar-refractivity contribution in [2.75, 3.05) is 4.72 Å². The number of sulfonamides is 1. The normalized spacial score (nSPS) is 12.1. The predicted octanol–water partition coefficient (Wildman–Crippen LogP) is 1.75. The van der Waals surface area contributed by atoms with Crippen LogP contribution in [0.15, 0.2) is 52.3 Å². The van der Waals surface area contributed by atoms with Crippen molar-refractivity contribution >= 4 is 25.8 Å². The molecule has 3 N–H and O–H groups in total. The molecule has 2 rings (SSSR count). The van der Waals surface area contributed by atoms with E-state index >= 15 is 0 Å². The van der Waals surface area contributed by atoms with Crippen LogP contribution in [0.25, 0.3) is 0 Å². The van der Waals surface area contributed by atoms with Crippen LogP contribution in [0.1, 0.15) is 5.56 Å². The minimum absolute atomic E-state index is 0.0465. The molecule has 0 saturated carbocycles. The lowest BCUT2D eigenvalue weighted by Gasteiger charge is -2.10. The van der Waals surface area contributed by atoms with Crippen LogP contribution in [0.5, 0.6) is 5.75 Å². The summed E-state index contributed by atoms with van der Waals surface area (Å²) in [6, 6.07) is 8.70. The maximum atomic E-state index is 12.2. The molecule has 0 fully saturated rings. The molecule has 0 aliphatic heterocycles. The Labute approximate surface area is 128 Å². The van der Waals surface area contributed by atoms with Gasteiger partial charge in [0.1, 0.15) is 5.75 Å². The van der Waals surface area contributed by atoms with Crippen LogP contribution in [0.3, 0.4) is 0 Å². The van der Waals surface area contributed by atoms with Crippen molar-refractivity contribution in [3.05, 3.63) is 48.0 Å². The highest BCUT2D eigenvalue weighted by molar-refractivity contribution is 7.92. The number of aromatic hydroxyl groups is 1. The van der Waals surface area contributed by atoms with Gasteiger partial charge in [-0.15, -0.1) is 0 Å². The van der Waals surface area contributed by atoms with Gasteiger partial charge in [-0.25, -0.2) is 8.42 Å². The molecule has 0 radical (unpaired) electrons. The van der Waals surface area contributed by atoms with E-state index in [0.717, 1.165) is 23.8 Å². The quantitative estimate of drug-likeness (QED) is 0.574. The summed E-state index contributed by atoms with van der Waals surface area (Å²) in [4.78, 5) is -0.582. The minimum atomic E-state index is -4.51. The van der Waals surface area contributed by atoms with Crippen LogP contribution in [0.2, 0.25) is 0 Å². The smallest absolute Gasteiger partial charge is 0.294 e. The topological polar surface area (TPSA) is 121 Å². The molecule has 0 unspecified atom stereocenters. The number of phenols is 1. The second kappa shape index (κ2) is 5.59. The summed E-state index contributed by atoms with van der Waals surface area (Å²) in [7, 11) is -8.52. The van der Waals surface area contributed by atoms with Crippen molar-refractivity contribution < 1.29 is 26.5 Å². The van der Waals surface area contributed by atoms with Crippen LogP contribution in [0, 0.1) is 6.92 Å². The maximum absolute atomic E-state index is 12.2. The van der Waals surface area contributed by atoms with Crippen molar-refractivity contribution in [3.63, 3.8) is 0 Å². The molecule has 118 valence electrons. The van der Waals surface area contributed by atoms with Crippen LogP contribution in [-0.4, -0.2) is 26.5 Å². The number of aryl methyl sites for hydroxylation is 1. The molecule has 0 aliphatic rings. The highest BCUT2D eigenvalue weighted by atomic mass is 32.2. The van der Waals surface area contributed by atoms with Crippen LogP contribution in [0.4, 0.5) is 5.69 Å². The van der Waals surface area contributed by atoms with E-state index in [1.165, 1.54) is 12.1 Å². The highest BCUT2D eigenvalue weighted by Crippen LogP contribution is 2.28. The Morgan fingerprint density at radius 1 is 0.909 bits per heavy atom. The van der Waals surface area contributed by atoms with Crippen LogP contribution >= 0.6 is 0 Å². The summed E-state index contributed by atoms with van der Waals surface area (Å²) >= 11 is 0. The fourth-order valence-electron chi connectivity index (χ4n) is 1.68. The molecular weight excluding hydrogens is 330 g/mol. The SMILES string of the molecule is Cc1ccc(S(=O)(=O)Nc2cc(S(=O)(=O)O)ccc2O)cc1. The van der Waals surface area contributed by atoms with Crippen molar-refractivity contribution in [3.8, 4) is 5.75 Å². The third kappa shape index (κ3) is 3.56. The first-order valence-electron chi connectivity index (χ1n) is 5.99. The van der Waals surface area contributed by atoms with Gasteiger partial charge in [0, 0.05) is 0 Å². The van der Waals surface area contributed by atoms with E-state index in [4.69, 9.17) is 4.55 Å². The van der Waals surface area contributed by atoms with E-state index in [1.54, 1.807) is 19.1 Å². The molecule has 0 aliphatic carbocycles. The average Bonchev–Trinajstić information content (AvgIpc) is 2.40. The van der Waals surface area contributed by atoms with E-state index in [2.05, 4.69) is 4.72 Å². The lowest BCUT2D eigenvalue weighted by Crippen LogP contribution is -2.13. The molecule has 0 aromatic heterocycles. The third-order valence-electron chi connectivity index (χ3n) is 2.84. The fraction of sp³-hybridized carbons (Fsp3) is 0.0769. The number of anilines is 1. The zero-order valence-electron chi connectivity index (χ0n) is 11.4. The van der Waals surface area contributed by atoms with E-state index in [0.29, 0.717) is 0 Å². The van der Waals surface area contributed by atoms with Crippen LogP contribution < -0.4 is 4.72 Å². The molecule has 2 aromatic carbocycles. The first-order chi connectivity index (χ1) is 10.1. The second-order valence-electron chi connectivity index (χ2n) is 4.57. The van der Waals surface area contributed by atoms with Crippen molar-refractivity contribution in [2.45, 2.75) is 16.7 Å². The van der Waals surface area contributed by atoms with Gasteiger partial charge in [-0.3, -0.25) is 9.27 Å². The second-order valence-corrected chi connectivity index (χ2v) is 7.68. The van der Waals surface area contributed by atoms with E-state index in [-0.39, 0.29) is 10.6 Å². The lowest BCUT2D eigenvalue weighted by atomic mass is 10.2. The summed E-state index contributed by atoms with van der Waals surface area (Å²) in [6.07, 6.45) is 0. The van der Waals surface area contributed by atoms with Crippen molar-refractivity contribution in [1.82, 2.24) is 0 Å². The van der Waals surface area contributed by atoms with Crippen molar-refractivity contribution in [2.24, 2.45) is 0 Å². The molecule has 0 heterocycles. The minimum Gasteiger partial charge on any atom is -0.506 e.